The van der Waals surface area contributed by atoms with Crippen molar-refractivity contribution in [3.63, 3.8) is 0 Å². The molecule has 1 heterocycles. The van der Waals surface area contributed by atoms with Gasteiger partial charge in [0.2, 0.25) is 0 Å². The second kappa shape index (κ2) is 5.24. The summed E-state index contributed by atoms with van der Waals surface area (Å²) in [5.74, 6) is 0.343. The largest absolute Gasteiger partial charge is 0.370 e. The van der Waals surface area contributed by atoms with Gasteiger partial charge in [0.25, 0.3) is 5.69 Å². The molecule has 1 aliphatic heterocycles. The van der Waals surface area contributed by atoms with Gasteiger partial charge in [-0.1, -0.05) is 6.92 Å². The maximum absolute atomic E-state index is 10.7. The third-order valence-electron chi connectivity index (χ3n) is 3.62. The van der Waals surface area contributed by atoms with Crippen LogP contribution in [0.4, 0.5) is 11.4 Å². The average molecular weight is 260 g/mol. The van der Waals surface area contributed by atoms with Crippen LogP contribution in [0.2, 0.25) is 0 Å². The van der Waals surface area contributed by atoms with Crippen LogP contribution in [-0.2, 0) is 0 Å². The van der Waals surface area contributed by atoms with E-state index in [4.69, 9.17) is 11.0 Å². The minimum atomic E-state index is -0.487. The van der Waals surface area contributed by atoms with Gasteiger partial charge in [-0.2, -0.15) is 5.26 Å². The molecule has 6 nitrogen and oxygen atoms in total. The topological polar surface area (TPSA) is 96.2 Å². The number of anilines is 1. The summed E-state index contributed by atoms with van der Waals surface area (Å²) in [6, 6.07) is 6.64. The fraction of sp³-hybridized carbons (Fsp3) is 0.462. The Morgan fingerprint density at radius 1 is 1.58 bits per heavy atom. The maximum Gasteiger partial charge on any atom is 0.270 e. The van der Waals surface area contributed by atoms with Crippen molar-refractivity contribution in [1.29, 1.82) is 5.26 Å². The van der Waals surface area contributed by atoms with E-state index in [2.05, 4.69) is 11.8 Å². The molecule has 19 heavy (non-hydrogen) atoms. The SMILES string of the molecule is CC1CN(c2ccc([N+](=O)[O-])cc2C#N)CCC1N. The number of piperidine rings is 1. The zero-order chi connectivity index (χ0) is 14.0. The van der Waals surface area contributed by atoms with Crippen molar-refractivity contribution in [2.75, 3.05) is 18.0 Å². The normalized spacial score (nSPS) is 22.9. The molecule has 0 aromatic heterocycles. The zero-order valence-corrected chi connectivity index (χ0v) is 10.7. The van der Waals surface area contributed by atoms with Gasteiger partial charge in [-0.25, -0.2) is 0 Å². The van der Waals surface area contributed by atoms with Gasteiger partial charge in [0.15, 0.2) is 0 Å². The lowest BCUT2D eigenvalue weighted by atomic mass is 9.94. The molecule has 100 valence electrons. The van der Waals surface area contributed by atoms with Crippen LogP contribution in [0.25, 0.3) is 0 Å². The Balaban J connectivity index is 2.30. The molecule has 0 saturated carbocycles. The van der Waals surface area contributed by atoms with Crippen LogP contribution in [0, 0.1) is 27.4 Å². The first-order valence-electron chi connectivity index (χ1n) is 6.22. The van der Waals surface area contributed by atoms with E-state index in [1.165, 1.54) is 12.1 Å². The highest BCUT2D eigenvalue weighted by molar-refractivity contribution is 5.63. The number of hydrogen-bond acceptors (Lipinski definition) is 5. The molecule has 1 aliphatic rings. The van der Waals surface area contributed by atoms with Gasteiger partial charge in [0, 0.05) is 31.3 Å². The first-order valence-corrected chi connectivity index (χ1v) is 6.22. The van der Waals surface area contributed by atoms with Crippen molar-refractivity contribution >= 4 is 11.4 Å². The fourth-order valence-corrected chi connectivity index (χ4v) is 2.39. The van der Waals surface area contributed by atoms with Crippen molar-refractivity contribution in [2.45, 2.75) is 19.4 Å². The predicted octanol–water partition coefficient (Wildman–Crippen LogP) is 1.64. The number of nitriles is 1. The van der Waals surface area contributed by atoms with Gasteiger partial charge in [0.05, 0.1) is 16.2 Å². The third-order valence-corrected chi connectivity index (χ3v) is 3.62. The maximum atomic E-state index is 10.7. The Bertz CT molecular complexity index is 538. The average Bonchev–Trinajstić information content (AvgIpc) is 2.41. The molecule has 0 bridgehead atoms. The second-order valence-corrected chi connectivity index (χ2v) is 4.95. The lowest BCUT2D eigenvalue weighted by Gasteiger charge is -2.36. The first-order chi connectivity index (χ1) is 9.02. The van der Waals surface area contributed by atoms with Gasteiger partial charge >= 0.3 is 0 Å². The van der Waals surface area contributed by atoms with Crippen LogP contribution in [0.1, 0.15) is 18.9 Å². The number of nitro groups is 1. The number of nitro benzene ring substituents is 1. The Hall–Kier alpha value is -2.13. The molecular weight excluding hydrogens is 244 g/mol. The summed E-state index contributed by atoms with van der Waals surface area (Å²) in [5, 5.41) is 19.9. The molecule has 2 N–H and O–H groups in total. The molecular formula is C13H16N4O2. The smallest absolute Gasteiger partial charge is 0.270 e. The highest BCUT2D eigenvalue weighted by Crippen LogP contribution is 2.28. The number of non-ortho nitro benzene ring substituents is 1. The van der Waals surface area contributed by atoms with Crippen LogP contribution in [0.5, 0.6) is 0 Å². The van der Waals surface area contributed by atoms with Crippen LogP contribution >= 0.6 is 0 Å². The molecule has 1 aromatic carbocycles. The van der Waals surface area contributed by atoms with Crippen molar-refractivity contribution in [1.82, 2.24) is 0 Å². The summed E-state index contributed by atoms with van der Waals surface area (Å²) in [4.78, 5) is 12.3. The standard InChI is InChI=1S/C13H16N4O2/c1-9-8-16(5-4-12(9)15)13-3-2-11(17(18)19)6-10(13)7-14/h2-3,6,9,12H,4-5,8,15H2,1H3. The molecule has 0 amide bonds. The Kier molecular flexibility index (Phi) is 3.67. The fourth-order valence-electron chi connectivity index (χ4n) is 2.39. The monoisotopic (exact) mass is 260 g/mol. The minimum absolute atomic E-state index is 0.0536. The molecule has 0 spiro atoms. The summed E-state index contributed by atoms with van der Waals surface area (Å²) >= 11 is 0. The molecule has 1 fully saturated rings. The molecule has 1 saturated heterocycles. The van der Waals surface area contributed by atoms with Crippen LogP contribution < -0.4 is 10.6 Å². The number of benzene rings is 1. The van der Waals surface area contributed by atoms with E-state index in [9.17, 15) is 10.1 Å². The second-order valence-electron chi connectivity index (χ2n) is 4.95. The molecule has 0 aliphatic carbocycles. The molecule has 0 radical (unpaired) electrons. The van der Waals surface area contributed by atoms with Gasteiger partial charge in [-0.05, 0) is 18.4 Å². The van der Waals surface area contributed by atoms with Crippen molar-refractivity contribution < 1.29 is 4.92 Å². The Labute approximate surface area is 111 Å². The highest BCUT2D eigenvalue weighted by atomic mass is 16.6. The minimum Gasteiger partial charge on any atom is -0.370 e. The lowest BCUT2D eigenvalue weighted by Crippen LogP contribution is -2.46. The third kappa shape index (κ3) is 2.66. The van der Waals surface area contributed by atoms with Crippen LogP contribution in [0.15, 0.2) is 18.2 Å². The highest BCUT2D eigenvalue weighted by Gasteiger charge is 2.25. The van der Waals surface area contributed by atoms with E-state index in [0.717, 1.165) is 25.2 Å². The van der Waals surface area contributed by atoms with Gasteiger partial charge in [-0.15, -0.1) is 0 Å². The van der Waals surface area contributed by atoms with Gasteiger partial charge < -0.3 is 10.6 Å². The zero-order valence-electron chi connectivity index (χ0n) is 10.7. The van der Waals surface area contributed by atoms with E-state index in [1.807, 2.05) is 6.07 Å². The summed E-state index contributed by atoms with van der Waals surface area (Å²) in [7, 11) is 0. The van der Waals surface area contributed by atoms with Crippen molar-refractivity contribution in [3.8, 4) is 6.07 Å². The first kappa shape index (κ1) is 13.3. The molecule has 6 heteroatoms. The summed E-state index contributed by atoms with van der Waals surface area (Å²) in [6.07, 6.45) is 0.864. The number of rotatable bonds is 2. The Morgan fingerprint density at radius 2 is 2.32 bits per heavy atom. The van der Waals surface area contributed by atoms with Gasteiger partial charge in [-0.3, -0.25) is 10.1 Å². The van der Waals surface area contributed by atoms with Crippen molar-refractivity contribution in [3.05, 3.63) is 33.9 Å². The Morgan fingerprint density at radius 3 is 2.89 bits per heavy atom. The van der Waals surface area contributed by atoms with E-state index in [1.54, 1.807) is 6.07 Å². The van der Waals surface area contributed by atoms with Gasteiger partial charge in [0.1, 0.15) is 6.07 Å². The van der Waals surface area contributed by atoms with E-state index >= 15 is 0 Å². The summed E-state index contributed by atoms with van der Waals surface area (Å²) < 4.78 is 0. The molecule has 2 rings (SSSR count). The lowest BCUT2D eigenvalue weighted by molar-refractivity contribution is -0.384. The van der Waals surface area contributed by atoms with E-state index in [0.29, 0.717) is 11.5 Å². The van der Waals surface area contributed by atoms with Crippen LogP contribution in [-0.4, -0.2) is 24.1 Å². The van der Waals surface area contributed by atoms with Crippen LogP contribution in [0.3, 0.4) is 0 Å². The number of hydrogen-bond donors (Lipinski definition) is 1. The molecule has 2 unspecified atom stereocenters. The summed E-state index contributed by atoms with van der Waals surface area (Å²) in [6.45, 7) is 3.62. The number of nitrogens with zero attached hydrogens (tertiary/aromatic N) is 3. The quantitative estimate of drug-likeness (QED) is 0.644. The number of nitrogens with two attached hydrogens (primary N) is 1. The summed E-state index contributed by atoms with van der Waals surface area (Å²) in [5.41, 5.74) is 7.02. The van der Waals surface area contributed by atoms with E-state index < -0.39 is 4.92 Å². The van der Waals surface area contributed by atoms with Crippen molar-refractivity contribution in [2.24, 2.45) is 11.7 Å². The molecule has 2 atom stereocenters. The van der Waals surface area contributed by atoms with E-state index in [-0.39, 0.29) is 11.7 Å². The molecule has 1 aromatic rings. The predicted molar refractivity (Wildman–Crippen MR) is 71.8 cm³/mol.